The van der Waals surface area contributed by atoms with Crippen molar-refractivity contribution >= 4 is 40.7 Å². The zero-order valence-electron chi connectivity index (χ0n) is 31.2. The first-order valence-electron chi connectivity index (χ1n) is 18.3. The molecule has 5 amide bonds. The molecule has 0 saturated heterocycles. The number of carbonyl (C=O) groups excluding carboxylic acids is 4. The minimum absolute atomic E-state index is 0.0210. The van der Waals surface area contributed by atoms with Crippen LogP contribution in [0, 0.1) is 17.7 Å². The fourth-order valence-corrected chi connectivity index (χ4v) is 6.79. The number of amides is 5. The first-order chi connectivity index (χ1) is 26.1. The maximum Gasteiger partial charge on any atom is 0.418 e. The second kappa shape index (κ2) is 16.9. The Kier molecular flexibility index (Phi) is 12.5. The number of carbonyl (C=O) groups is 4. The van der Waals surface area contributed by atoms with Crippen LogP contribution < -0.4 is 26.6 Å². The molecule has 5 rings (SSSR count). The van der Waals surface area contributed by atoms with Gasteiger partial charge in [0.25, 0.3) is 0 Å². The summed E-state index contributed by atoms with van der Waals surface area (Å²) in [7, 11) is 0. The zero-order chi connectivity index (χ0) is 40.1. The number of hydrogen-bond donors (Lipinski definition) is 6. The third-order valence-electron chi connectivity index (χ3n) is 10.3. The molecule has 6 N–H and O–H groups in total. The molecule has 2 unspecified atom stereocenters. The van der Waals surface area contributed by atoms with Crippen molar-refractivity contribution in [2.24, 2.45) is 11.8 Å². The molecule has 2 heterocycles. The predicted octanol–water partition coefficient (Wildman–Crippen LogP) is 5.87. The van der Waals surface area contributed by atoms with Crippen LogP contribution in [-0.2, 0) is 39.8 Å². The molecule has 0 saturated carbocycles. The molecule has 13 nitrogen and oxygen atoms in total. The molecule has 0 fully saturated rings. The summed E-state index contributed by atoms with van der Waals surface area (Å²) in [5.74, 6) is -3.32. The zero-order valence-corrected chi connectivity index (χ0v) is 31.2. The standard InChI is InChI=1S/C38H46F4N8O5/c1-6-20(4)29(45-28(51)18-22-12-9-10-15-26(22)39)32(52)48-37(17-16-27-24(19-37)23-13-11-14-25(31(23)44-27)38(40,41)42)34(53)46-30(21(5)7-2)33-49-50-36(55-33)47-35(54)43-8-3/h9-15,20-21,29-30,44H,6-8,16-19H2,1-5H3,(H,45,51)(H,46,53)(H,48,52)(H2,43,47,50,54)/t20-,21?,29?,30+,37-/m1/s1. The number of aromatic amines is 1. The van der Waals surface area contributed by atoms with Crippen molar-refractivity contribution < 1.29 is 41.2 Å². The average molecular weight is 771 g/mol. The van der Waals surface area contributed by atoms with Gasteiger partial charge in [-0.25, -0.2) is 9.18 Å². The van der Waals surface area contributed by atoms with Crippen molar-refractivity contribution in [2.75, 3.05) is 11.9 Å². The number of rotatable bonds is 14. The Bertz CT molecular complexity index is 2030. The summed E-state index contributed by atoms with van der Waals surface area (Å²) >= 11 is 0. The molecule has 0 spiro atoms. The van der Waals surface area contributed by atoms with E-state index in [4.69, 9.17) is 4.42 Å². The average Bonchev–Trinajstić information content (AvgIpc) is 3.76. The van der Waals surface area contributed by atoms with Crippen molar-refractivity contribution in [1.29, 1.82) is 0 Å². The van der Waals surface area contributed by atoms with Gasteiger partial charge in [0.2, 0.25) is 23.6 Å². The van der Waals surface area contributed by atoms with Gasteiger partial charge in [0.05, 0.1) is 17.5 Å². The maximum absolute atomic E-state index is 14.8. The van der Waals surface area contributed by atoms with Crippen LogP contribution in [0.1, 0.15) is 88.2 Å². The fourth-order valence-electron chi connectivity index (χ4n) is 6.79. The van der Waals surface area contributed by atoms with Crippen LogP contribution in [0.3, 0.4) is 0 Å². The minimum atomic E-state index is -4.65. The lowest BCUT2D eigenvalue weighted by Gasteiger charge is -2.39. The van der Waals surface area contributed by atoms with Crippen LogP contribution in [0.25, 0.3) is 10.9 Å². The van der Waals surface area contributed by atoms with Gasteiger partial charge in [0.1, 0.15) is 23.4 Å². The lowest BCUT2D eigenvalue weighted by Crippen LogP contribution is -2.65. The maximum atomic E-state index is 14.8. The van der Waals surface area contributed by atoms with E-state index in [0.717, 1.165) is 6.07 Å². The Balaban J connectivity index is 1.52. The number of urea groups is 1. The molecule has 5 atom stereocenters. The second-order valence-corrected chi connectivity index (χ2v) is 14.0. The SMILES string of the molecule is CCNC(=O)Nc1nnc([C@@H](NC(=O)[C@@]2(NC(=O)C(NC(=O)Cc3ccccc3F)[C@H](C)CC)CCc3[nH]c4c(C(F)(F)F)cccc4c3C2)C(C)CC)o1. The highest BCUT2D eigenvalue weighted by Crippen LogP contribution is 2.40. The van der Waals surface area contributed by atoms with Gasteiger partial charge < -0.3 is 30.7 Å². The van der Waals surface area contributed by atoms with Gasteiger partial charge >= 0.3 is 18.2 Å². The summed E-state index contributed by atoms with van der Waals surface area (Å²) in [5, 5.41) is 21.8. The molecule has 55 heavy (non-hydrogen) atoms. The number of aromatic nitrogens is 3. The Morgan fingerprint density at radius 2 is 1.69 bits per heavy atom. The number of H-pyrrole nitrogens is 1. The van der Waals surface area contributed by atoms with Gasteiger partial charge in [-0.05, 0) is 54.9 Å². The summed E-state index contributed by atoms with van der Waals surface area (Å²) in [5.41, 5.74) is -1.66. The van der Waals surface area contributed by atoms with Crippen molar-refractivity contribution in [3.05, 3.63) is 76.6 Å². The molecule has 0 bridgehead atoms. The van der Waals surface area contributed by atoms with Gasteiger partial charge in [0.15, 0.2) is 0 Å². The van der Waals surface area contributed by atoms with E-state index >= 15 is 0 Å². The summed E-state index contributed by atoms with van der Waals surface area (Å²) in [6, 6.07) is 6.73. The molecule has 0 radical (unpaired) electrons. The van der Waals surface area contributed by atoms with Gasteiger partial charge in [-0.2, -0.15) is 13.2 Å². The number of hydrogen-bond acceptors (Lipinski definition) is 7. The second-order valence-electron chi connectivity index (χ2n) is 14.0. The monoisotopic (exact) mass is 770 g/mol. The number of aryl methyl sites for hydroxylation is 1. The summed E-state index contributed by atoms with van der Waals surface area (Å²) in [6.07, 6.45) is -4.14. The topological polar surface area (TPSA) is 183 Å². The van der Waals surface area contributed by atoms with Gasteiger partial charge in [-0.1, -0.05) is 76.0 Å². The molecular weight excluding hydrogens is 724 g/mol. The van der Waals surface area contributed by atoms with Crippen LogP contribution in [0.5, 0.6) is 0 Å². The van der Waals surface area contributed by atoms with Crippen LogP contribution in [0.15, 0.2) is 46.9 Å². The molecule has 296 valence electrons. The Labute approximate surface area is 315 Å². The third kappa shape index (κ3) is 9.08. The van der Waals surface area contributed by atoms with E-state index in [1.54, 1.807) is 19.9 Å². The van der Waals surface area contributed by atoms with Crippen LogP contribution in [-0.4, -0.2) is 57.1 Å². The largest absolute Gasteiger partial charge is 0.418 e. The lowest BCUT2D eigenvalue weighted by atomic mass is 9.78. The van der Waals surface area contributed by atoms with Crippen molar-refractivity contribution in [2.45, 2.75) is 96.9 Å². The normalized spacial score (nSPS) is 17.7. The van der Waals surface area contributed by atoms with Crippen LogP contribution in [0.2, 0.25) is 0 Å². The van der Waals surface area contributed by atoms with Gasteiger partial charge in [-0.15, -0.1) is 5.10 Å². The minimum Gasteiger partial charge on any atom is -0.405 e. The van der Waals surface area contributed by atoms with Gasteiger partial charge in [-0.3, -0.25) is 19.7 Å². The van der Waals surface area contributed by atoms with E-state index in [0.29, 0.717) is 30.6 Å². The molecule has 0 aliphatic heterocycles. The summed E-state index contributed by atoms with van der Waals surface area (Å²) < 4.78 is 62.4. The molecule has 1 aliphatic rings. The van der Waals surface area contributed by atoms with E-state index in [1.807, 2.05) is 20.8 Å². The van der Waals surface area contributed by atoms with E-state index in [9.17, 15) is 36.7 Å². The van der Waals surface area contributed by atoms with E-state index in [1.165, 1.54) is 30.3 Å². The third-order valence-corrected chi connectivity index (χ3v) is 10.3. The molecule has 2 aromatic carbocycles. The van der Waals surface area contributed by atoms with Crippen LogP contribution >= 0.6 is 0 Å². The number of nitrogens with zero attached hydrogens (tertiary/aromatic N) is 2. The number of halogens is 4. The Morgan fingerprint density at radius 3 is 2.36 bits per heavy atom. The smallest absolute Gasteiger partial charge is 0.405 e. The highest BCUT2D eigenvalue weighted by atomic mass is 19.4. The summed E-state index contributed by atoms with van der Waals surface area (Å²) in [6.45, 7) is 9.35. The van der Waals surface area contributed by atoms with E-state index in [2.05, 4.69) is 41.8 Å². The Morgan fingerprint density at radius 1 is 0.964 bits per heavy atom. The number of anilines is 1. The van der Waals surface area contributed by atoms with E-state index < -0.39 is 64.9 Å². The van der Waals surface area contributed by atoms with E-state index in [-0.39, 0.29) is 60.0 Å². The molecule has 4 aromatic rings. The van der Waals surface area contributed by atoms with Crippen LogP contribution in [0.4, 0.5) is 28.4 Å². The number of para-hydroxylation sites is 1. The van der Waals surface area contributed by atoms with Gasteiger partial charge in [0, 0.05) is 24.0 Å². The molecule has 2 aromatic heterocycles. The first-order valence-corrected chi connectivity index (χ1v) is 18.3. The molecule has 1 aliphatic carbocycles. The summed E-state index contributed by atoms with van der Waals surface area (Å²) in [4.78, 5) is 57.4. The number of fused-ring (bicyclic) bond motifs is 3. The lowest BCUT2D eigenvalue weighted by molar-refractivity contribution is -0.137. The predicted molar refractivity (Wildman–Crippen MR) is 195 cm³/mol. The Hall–Kier alpha value is -5.48. The molecule has 17 heteroatoms. The highest BCUT2D eigenvalue weighted by Gasteiger charge is 2.47. The quantitative estimate of drug-likeness (QED) is 0.0867. The highest BCUT2D eigenvalue weighted by molar-refractivity contribution is 5.97. The number of benzene rings is 2. The fraction of sp³-hybridized carbons (Fsp3) is 0.474. The number of alkyl halides is 3. The van der Waals surface area contributed by atoms with Crippen molar-refractivity contribution in [3.63, 3.8) is 0 Å². The van der Waals surface area contributed by atoms with Crippen molar-refractivity contribution in [3.8, 4) is 0 Å². The number of nitrogens with one attached hydrogen (secondary N) is 6. The first kappa shape index (κ1) is 40.7. The molecular formula is C38H46F4N8O5. The van der Waals surface area contributed by atoms with Crippen molar-refractivity contribution in [1.82, 2.24) is 36.4 Å².